The molecule has 0 aliphatic heterocycles. The first-order valence-electron chi connectivity index (χ1n) is 9.94. The van der Waals surface area contributed by atoms with Crippen LogP contribution in [0.5, 0.6) is 0 Å². The Balaban J connectivity index is -0.000000399. The first-order valence-corrected chi connectivity index (χ1v) is 9.94. The average Bonchev–Trinajstić information content (AvgIpc) is 2.63. The minimum absolute atomic E-state index is 0. The van der Waals surface area contributed by atoms with Crippen molar-refractivity contribution in [2.45, 2.75) is 104 Å². The van der Waals surface area contributed by atoms with Gasteiger partial charge in [0.25, 0.3) is 0 Å². The van der Waals surface area contributed by atoms with Gasteiger partial charge in [0.2, 0.25) is 0 Å². The fourth-order valence-corrected chi connectivity index (χ4v) is 5.09. The Morgan fingerprint density at radius 2 is 1.23 bits per heavy atom. The van der Waals surface area contributed by atoms with Crippen LogP contribution in [-0.4, -0.2) is 29.0 Å². The van der Waals surface area contributed by atoms with Gasteiger partial charge in [-0.25, -0.2) is 8.78 Å². The number of rotatable bonds is 2. The fraction of sp³-hybridized carbons (Fsp3) is 0.952. The number of aliphatic hydroxyl groups excluding tert-OH is 1. The van der Waals surface area contributed by atoms with E-state index in [1.807, 2.05) is 13.8 Å². The van der Waals surface area contributed by atoms with Crippen LogP contribution in [0.15, 0.2) is 0 Å². The molecule has 0 aromatic rings. The molecule has 3 N–H and O–H groups in total. The van der Waals surface area contributed by atoms with Gasteiger partial charge in [0.05, 0.1) is 6.10 Å². The standard InChI is InChI=1S/C18H29F2O.C2H6.CH4.H2O.Y.2H2/c19-17-15(10-11-16(21)18(17)20)14-8-6-13(7-9-14)12-4-2-1-3-5-12;1-2;;;;;/h1,12-18,21H,2-11H2;1-2H3;1H4;1H2;;2*1H/q-1;;;;;;. The topological polar surface area (TPSA) is 51.7 Å². The van der Waals surface area contributed by atoms with Gasteiger partial charge in [0.1, 0.15) is 6.17 Å². The Morgan fingerprint density at radius 3 is 1.77 bits per heavy atom. The number of hydrogen-bond acceptors (Lipinski definition) is 1. The fourth-order valence-electron chi connectivity index (χ4n) is 5.09. The van der Waals surface area contributed by atoms with Gasteiger partial charge in [0.15, 0.2) is 6.17 Å². The molecule has 4 atom stereocenters. The third kappa shape index (κ3) is 7.37. The summed E-state index contributed by atoms with van der Waals surface area (Å²) in [6, 6.07) is 0. The molecule has 0 aromatic carbocycles. The quantitative estimate of drug-likeness (QED) is 0.512. The van der Waals surface area contributed by atoms with Crippen molar-refractivity contribution in [3.8, 4) is 0 Å². The van der Waals surface area contributed by atoms with Crippen LogP contribution < -0.4 is 0 Å². The predicted octanol–water partition coefficient (Wildman–Crippen LogP) is 5.96. The van der Waals surface area contributed by atoms with Crippen LogP contribution in [0.1, 0.15) is 88.3 Å². The van der Waals surface area contributed by atoms with Crippen molar-refractivity contribution in [3.63, 3.8) is 0 Å². The van der Waals surface area contributed by atoms with E-state index in [-0.39, 0.29) is 54.4 Å². The number of aliphatic hydroxyl groups is 1. The largest absolute Gasteiger partial charge is 0.412 e. The van der Waals surface area contributed by atoms with Crippen molar-refractivity contribution >= 4 is 0 Å². The first kappa shape index (κ1) is 29.1. The van der Waals surface area contributed by atoms with Crippen molar-refractivity contribution in [3.05, 3.63) is 6.42 Å². The molecule has 1 radical (unpaired) electrons. The van der Waals surface area contributed by atoms with Gasteiger partial charge in [-0.1, -0.05) is 34.1 Å². The van der Waals surface area contributed by atoms with E-state index >= 15 is 0 Å². The predicted molar refractivity (Wildman–Crippen MR) is 106 cm³/mol. The van der Waals surface area contributed by atoms with Crippen LogP contribution in [0.4, 0.5) is 8.78 Å². The molecular weight excluding hydrogens is 411 g/mol. The van der Waals surface area contributed by atoms with Crippen LogP contribution >= 0.6 is 0 Å². The van der Waals surface area contributed by atoms with E-state index in [4.69, 9.17) is 0 Å². The van der Waals surface area contributed by atoms with Gasteiger partial charge in [-0.2, -0.15) is 12.8 Å². The molecule has 159 valence electrons. The maximum Gasteiger partial charge on any atom is 0.157 e. The van der Waals surface area contributed by atoms with Crippen molar-refractivity contribution < 1.29 is 54.9 Å². The summed E-state index contributed by atoms with van der Waals surface area (Å²) >= 11 is 0. The van der Waals surface area contributed by atoms with E-state index in [0.29, 0.717) is 18.8 Å². The first-order chi connectivity index (χ1) is 11.2. The zero-order chi connectivity index (χ0) is 16.8. The third-order valence-electron chi connectivity index (χ3n) is 6.45. The van der Waals surface area contributed by atoms with Crippen LogP contribution in [0.2, 0.25) is 0 Å². The second-order valence-electron chi connectivity index (χ2n) is 7.58. The van der Waals surface area contributed by atoms with E-state index in [1.165, 1.54) is 38.5 Å². The van der Waals surface area contributed by atoms with Crippen molar-refractivity contribution in [2.24, 2.45) is 23.7 Å². The Labute approximate surface area is 188 Å². The average molecular weight is 456 g/mol. The molecule has 3 fully saturated rings. The van der Waals surface area contributed by atoms with E-state index in [2.05, 4.69) is 6.42 Å². The second kappa shape index (κ2) is 14.8. The summed E-state index contributed by atoms with van der Waals surface area (Å²) in [5, 5.41) is 9.46. The van der Waals surface area contributed by atoms with Gasteiger partial charge in [-0.05, 0) is 62.2 Å². The zero-order valence-corrected chi connectivity index (χ0v) is 18.8. The monoisotopic (exact) mass is 456 g/mol. The van der Waals surface area contributed by atoms with E-state index in [9.17, 15) is 13.9 Å². The molecule has 0 bridgehead atoms. The van der Waals surface area contributed by atoms with E-state index in [1.54, 1.807) is 0 Å². The van der Waals surface area contributed by atoms with Crippen LogP contribution in [-0.2, 0) is 32.7 Å². The summed E-state index contributed by atoms with van der Waals surface area (Å²) in [6.45, 7) is 4.00. The van der Waals surface area contributed by atoms with Crippen LogP contribution in [0, 0.1) is 30.1 Å². The Morgan fingerprint density at radius 1 is 0.769 bits per heavy atom. The molecule has 0 amide bonds. The number of hydrogen-bond donors (Lipinski definition) is 1. The minimum Gasteiger partial charge on any atom is -0.412 e. The summed E-state index contributed by atoms with van der Waals surface area (Å²) in [5.74, 6) is 1.89. The van der Waals surface area contributed by atoms with Crippen molar-refractivity contribution in [1.29, 1.82) is 0 Å². The maximum atomic E-state index is 14.2. The molecule has 2 nitrogen and oxygen atoms in total. The van der Waals surface area contributed by atoms with Gasteiger partial charge in [-0.3, -0.25) is 0 Å². The SMILES string of the molecule is C.CC.O.OC1CCC(C2CCC(C3CC[CH-]CC3)CC2)C(F)C1F.[HH].[HH].[Y]. The molecule has 3 aliphatic carbocycles. The zero-order valence-electron chi connectivity index (χ0n) is 16.0. The molecule has 0 aromatic heterocycles. The summed E-state index contributed by atoms with van der Waals surface area (Å²) in [6.07, 6.45) is 9.08. The van der Waals surface area contributed by atoms with Gasteiger partial charge in [0, 0.05) is 35.6 Å². The Hall–Kier alpha value is 0.884. The molecule has 5 heteroatoms. The smallest absolute Gasteiger partial charge is 0.157 e. The molecule has 3 rings (SSSR count). The third-order valence-corrected chi connectivity index (χ3v) is 6.45. The number of halogens is 2. The summed E-state index contributed by atoms with van der Waals surface area (Å²) < 4.78 is 27.9. The van der Waals surface area contributed by atoms with Crippen molar-refractivity contribution in [1.82, 2.24) is 0 Å². The van der Waals surface area contributed by atoms with E-state index < -0.39 is 18.4 Å². The summed E-state index contributed by atoms with van der Waals surface area (Å²) in [7, 11) is 0. The minimum atomic E-state index is -1.66. The van der Waals surface area contributed by atoms with Crippen molar-refractivity contribution in [2.75, 3.05) is 0 Å². The summed E-state index contributed by atoms with van der Waals surface area (Å²) in [5.41, 5.74) is 0. The summed E-state index contributed by atoms with van der Waals surface area (Å²) in [4.78, 5) is 0. The molecule has 3 aliphatic rings. The van der Waals surface area contributed by atoms with Crippen LogP contribution in [0.3, 0.4) is 0 Å². The molecular formula is C21H45F2O2Y-. The molecule has 0 saturated heterocycles. The van der Waals surface area contributed by atoms with Gasteiger partial charge >= 0.3 is 0 Å². The molecule has 0 heterocycles. The Kier molecular flexibility index (Phi) is 16.6. The normalized spacial score (nSPS) is 37.7. The van der Waals surface area contributed by atoms with Crippen LogP contribution in [0.25, 0.3) is 0 Å². The molecule has 0 spiro atoms. The molecule has 4 unspecified atom stereocenters. The van der Waals surface area contributed by atoms with E-state index in [0.717, 1.165) is 24.7 Å². The number of alkyl halides is 2. The van der Waals surface area contributed by atoms with Gasteiger partial charge < -0.3 is 17.0 Å². The Bertz CT molecular complexity index is 342. The molecule has 26 heavy (non-hydrogen) atoms. The van der Waals surface area contributed by atoms with Gasteiger partial charge in [-0.15, -0.1) is 0 Å². The second-order valence-corrected chi connectivity index (χ2v) is 7.58. The molecule has 3 saturated carbocycles. The maximum absolute atomic E-state index is 14.2.